The summed E-state index contributed by atoms with van der Waals surface area (Å²) in [5.74, 6) is 0.986. The second-order valence-electron chi connectivity index (χ2n) is 7.29. The van der Waals surface area contributed by atoms with Crippen LogP contribution < -0.4 is 29.2 Å². The van der Waals surface area contributed by atoms with Gasteiger partial charge < -0.3 is 24.3 Å². The molecule has 1 heterocycles. The molecule has 0 fully saturated rings. The van der Waals surface area contributed by atoms with Gasteiger partial charge in [-0.1, -0.05) is 30.3 Å². The molecule has 8 heteroatoms. The number of hydrogen-bond donors (Lipinski definition) is 1. The number of benzene rings is 3. The third-order valence-corrected chi connectivity index (χ3v) is 5.44. The van der Waals surface area contributed by atoms with Crippen LogP contribution in [-0.2, 0) is 9.59 Å². The lowest BCUT2D eigenvalue weighted by Gasteiger charge is -2.18. The maximum absolute atomic E-state index is 13.6. The van der Waals surface area contributed by atoms with Gasteiger partial charge in [-0.25, -0.2) is 4.90 Å². The predicted octanol–water partition coefficient (Wildman–Crippen LogP) is 4.12. The molecule has 0 saturated heterocycles. The lowest BCUT2D eigenvalue weighted by Crippen LogP contribution is -2.32. The maximum atomic E-state index is 13.6. The number of nitrogens with one attached hydrogen (secondary N) is 1. The highest BCUT2D eigenvalue weighted by Crippen LogP contribution is 2.39. The first-order valence-electron chi connectivity index (χ1n) is 10.4. The zero-order valence-corrected chi connectivity index (χ0v) is 19.2. The molecule has 8 nitrogen and oxygen atoms in total. The van der Waals surface area contributed by atoms with Crippen molar-refractivity contribution >= 4 is 28.8 Å². The fourth-order valence-electron chi connectivity index (χ4n) is 3.75. The molecule has 0 aliphatic carbocycles. The van der Waals surface area contributed by atoms with Gasteiger partial charge in [-0.05, 0) is 29.8 Å². The molecule has 0 bridgehead atoms. The Morgan fingerprint density at radius 3 is 2.03 bits per heavy atom. The number of anilines is 2. The highest BCUT2D eigenvalue weighted by atomic mass is 16.5. The first-order chi connectivity index (χ1) is 16.5. The van der Waals surface area contributed by atoms with E-state index < -0.39 is 11.8 Å². The highest BCUT2D eigenvalue weighted by molar-refractivity contribution is 6.46. The molecule has 3 aromatic rings. The third kappa shape index (κ3) is 4.01. The van der Waals surface area contributed by atoms with Crippen molar-refractivity contribution in [3.63, 3.8) is 0 Å². The van der Waals surface area contributed by atoms with Gasteiger partial charge in [-0.3, -0.25) is 9.59 Å². The molecule has 2 amide bonds. The summed E-state index contributed by atoms with van der Waals surface area (Å²) in [6, 6.07) is 19.1. The summed E-state index contributed by atoms with van der Waals surface area (Å²) in [7, 11) is 6.08. The van der Waals surface area contributed by atoms with Crippen molar-refractivity contribution < 1.29 is 28.5 Å². The third-order valence-electron chi connectivity index (χ3n) is 5.44. The van der Waals surface area contributed by atoms with E-state index in [0.29, 0.717) is 39.9 Å². The molecule has 0 saturated carbocycles. The average Bonchev–Trinajstić information content (AvgIpc) is 3.13. The van der Waals surface area contributed by atoms with Gasteiger partial charge in [0.05, 0.1) is 45.4 Å². The number of methoxy groups -OCH3 is 4. The molecule has 0 aromatic heterocycles. The van der Waals surface area contributed by atoms with Crippen LogP contribution >= 0.6 is 0 Å². The topological polar surface area (TPSA) is 86.3 Å². The molecule has 0 spiro atoms. The molecule has 1 aliphatic rings. The van der Waals surface area contributed by atoms with Crippen LogP contribution in [0.25, 0.3) is 5.57 Å². The summed E-state index contributed by atoms with van der Waals surface area (Å²) in [4.78, 5) is 28.4. The molecule has 0 atom stereocenters. The monoisotopic (exact) mass is 460 g/mol. The normalized spacial score (nSPS) is 13.2. The van der Waals surface area contributed by atoms with Gasteiger partial charge in [0.15, 0.2) is 11.5 Å². The standard InChI is InChI=1S/C26H24N2O6/c1-31-18-11-12-19(21(15-18)33-3)27-24-23(16-8-6-5-7-9-16)25(29)28(26(24)30)17-10-13-20(32-2)22(14-17)34-4/h5-15,27H,1-4H3. The van der Waals surface area contributed by atoms with Gasteiger partial charge in [0.1, 0.15) is 17.2 Å². The maximum Gasteiger partial charge on any atom is 0.282 e. The number of imide groups is 1. The molecule has 0 unspecified atom stereocenters. The van der Waals surface area contributed by atoms with E-state index in [1.165, 1.54) is 21.3 Å². The zero-order valence-electron chi connectivity index (χ0n) is 19.2. The molecule has 3 aromatic carbocycles. The molecule has 34 heavy (non-hydrogen) atoms. The minimum atomic E-state index is -0.506. The molecular formula is C26H24N2O6. The van der Waals surface area contributed by atoms with E-state index in [2.05, 4.69) is 5.32 Å². The Morgan fingerprint density at radius 1 is 0.676 bits per heavy atom. The molecule has 0 radical (unpaired) electrons. The number of nitrogens with zero attached hydrogens (tertiary/aromatic N) is 1. The summed E-state index contributed by atoms with van der Waals surface area (Å²) in [5, 5.41) is 3.12. The summed E-state index contributed by atoms with van der Waals surface area (Å²) >= 11 is 0. The van der Waals surface area contributed by atoms with Crippen molar-refractivity contribution in [2.24, 2.45) is 0 Å². The predicted molar refractivity (Wildman–Crippen MR) is 129 cm³/mol. The molecular weight excluding hydrogens is 436 g/mol. The number of hydrogen-bond acceptors (Lipinski definition) is 7. The van der Waals surface area contributed by atoms with Crippen molar-refractivity contribution in [3.05, 3.63) is 78.0 Å². The van der Waals surface area contributed by atoms with Crippen LogP contribution in [0.1, 0.15) is 5.56 Å². The largest absolute Gasteiger partial charge is 0.497 e. The Kier molecular flexibility index (Phi) is 6.40. The SMILES string of the molecule is COc1ccc(NC2=C(c3ccccc3)C(=O)N(c3ccc(OC)c(OC)c3)C2=O)c(OC)c1. The van der Waals surface area contributed by atoms with Crippen molar-refractivity contribution in [1.29, 1.82) is 0 Å². The van der Waals surface area contributed by atoms with E-state index in [1.807, 2.05) is 18.2 Å². The Bertz CT molecular complexity index is 1270. The summed E-state index contributed by atoms with van der Waals surface area (Å²) < 4.78 is 21.4. The number of ether oxygens (including phenoxy) is 4. The first kappa shape index (κ1) is 22.7. The van der Waals surface area contributed by atoms with Crippen LogP contribution in [0.2, 0.25) is 0 Å². The van der Waals surface area contributed by atoms with Crippen LogP contribution in [0.4, 0.5) is 11.4 Å². The van der Waals surface area contributed by atoms with Gasteiger partial charge in [0.2, 0.25) is 0 Å². The van der Waals surface area contributed by atoms with Gasteiger partial charge in [-0.15, -0.1) is 0 Å². The van der Waals surface area contributed by atoms with E-state index in [-0.39, 0.29) is 11.3 Å². The Hall–Kier alpha value is -4.46. The van der Waals surface area contributed by atoms with Gasteiger partial charge >= 0.3 is 0 Å². The van der Waals surface area contributed by atoms with Gasteiger partial charge in [0, 0.05) is 12.1 Å². The number of amides is 2. The fraction of sp³-hybridized carbons (Fsp3) is 0.154. The Morgan fingerprint density at radius 2 is 1.38 bits per heavy atom. The number of carbonyl (C=O) groups excluding carboxylic acids is 2. The average molecular weight is 460 g/mol. The van der Waals surface area contributed by atoms with E-state index in [0.717, 1.165) is 4.90 Å². The fourth-order valence-corrected chi connectivity index (χ4v) is 3.75. The second kappa shape index (κ2) is 9.58. The Balaban J connectivity index is 1.82. The van der Waals surface area contributed by atoms with E-state index >= 15 is 0 Å². The van der Waals surface area contributed by atoms with E-state index in [9.17, 15) is 9.59 Å². The summed E-state index contributed by atoms with van der Waals surface area (Å²) in [5.41, 5.74) is 1.87. The molecule has 4 rings (SSSR count). The van der Waals surface area contributed by atoms with Crippen molar-refractivity contribution in [3.8, 4) is 23.0 Å². The van der Waals surface area contributed by atoms with Crippen LogP contribution in [0, 0.1) is 0 Å². The number of carbonyl (C=O) groups is 2. The van der Waals surface area contributed by atoms with Crippen molar-refractivity contribution in [1.82, 2.24) is 0 Å². The smallest absolute Gasteiger partial charge is 0.282 e. The van der Waals surface area contributed by atoms with Crippen LogP contribution in [0.5, 0.6) is 23.0 Å². The minimum Gasteiger partial charge on any atom is -0.497 e. The second-order valence-corrected chi connectivity index (χ2v) is 7.29. The Labute approximate surface area is 197 Å². The summed E-state index contributed by atoms with van der Waals surface area (Å²) in [6.07, 6.45) is 0. The van der Waals surface area contributed by atoms with Crippen LogP contribution in [-0.4, -0.2) is 40.3 Å². The van der Waals surface area contributed by atoms with Crippen LogP contribution in [0.15, 0.2) is 72.4 Å². The van der Waals surface area contributed by atoms with E-state index in [1.54, 1.807) is 55.6 Å². The van der Waals surface area contributed by atoms with E-state index in [4.69, 9.17) is 18.9 Å². The van der Waals surface area contributed by atoms with Gasteiger partial charge in [-0.2, -0.15) is 0 Å². The molecule has 1 N–H and O–H groups in total. The number of rotatable bonds is 8. The lowest BCUT2D eigenvalue weighted by molar-refractivity contribution is -0.120. The molecule has 174 valence electrons. The zero-order chi connectivity index (χ0) is 24.2. The highest BCUT2D eigenvalue weighted by Gasteiger charge is 2.40. The summed E-state index contributed by atoms with van der Waals surface area (Å²) in [6.45, 7) is 0. The minimum absolute atomic E-state index is 0.134. The first-order valence-corrected chi connectivity index (χ1v) is 10.4. The van der Waals surface area contributed by atoms with Gasteiger partial charge in [0.25, 0.3) is 11.8 Å². The van der Waals surface area contributed by atoms with Crippen molar-refractivity contribution in [2.75, 3.05) is 38.7 Å². The van der Waals surface area contributed by atoms with Crippen molar-refractivity contribution in [2.45, 2.75) is 0 Å². The molecule has 1 aliphatic heterocycles. The lowest BCUT2D eigenvalue weighted by atomic mass is 10.0. The quantitative estimate of drug-likeness (QED) is 0.506. The van der Waals surface area contributed by atoms with Crippen LogP contribution in [0.3, 0.4) is 0 Å².